The van der Waals surface area contributed by atoms with Crippen LogP contribution in [0.25, 0.3) is 0 Å². The molecule has 0 radical (unpaired) electrons. The standard InChI is InChI=1S/C6H11N3/c1-5-4-8-9-6(5)2-3-7/h4H,2-3,7H2,1H3,(H,8,9). The Hall–Kier alpha value is -0.830. The summed E-state index contributed by atoms with van der Waals surface area (Å²) in [5.74, 6) is 0. The molecular formula is C6H11N3. The topological polar surface area (TPSA) is 54.7 Å². The van der Waals surface area contributed by atoms with Gasteiger partial charge in [-0.3, -0.25) is 5.10 Å². The van der Waals surface area contributed by atoms with Gasteiger partial charge in [-0.2, -0.15) is 5.10 Å². The molecule has 0 aliphatic heterocycles. The maximum atomic E-state index is 5.34. The number of nitrogens with zero attached hydrogens (tertiary/aromatic N) is 1. The smallest absolute Gasteiger partial charge is 0.0519 e. The van der Waals surface area contributed by atoms with Crippen molar-refractivity contribution in [1.82, 2.24) is 10.2 Å². The van der Waals surface area contributed by atoms with Crippen LogP contribution in [-0.2, 0) is 6.42 Å². The Morgan fingerprint density at radius 1 is 1.78 bits per heavy atom. The van der Waals surface area contributed by atoms with Gasteiger partial charge in [-0.05, 0) is 19.0 Å². The van der Waals surface area contributed by atoms with Crippen LogP contribution in [0.1, 0.15) is 11.3 Å². The second kappa shape index (κ2) is 2.64. The van der Waals surface area contributed by atoms with E-state index in [1.54, 1.807) is 0 Å². The number of rotatable bonds is 2. The first-order valence-electron chi connectivity index (χ1n) is 3.03. The number of hydrogen-bond acceptors (Lipinski definition) is 2. The molecule has 1 aromatic heterocycles. The molecule has 0 amide bonds. The van der Waals surface area contributed by atoms with E-state index in [0.29, 0.717) is 6.54 Å². The highest BCUT2D eigenvalue weighted by molar-refractivity contribution is 5.13. The maximum Gasteiger partial charge on any atom is 0.0519 e. The SMILES string of the molecule is Cc1cn[nH]c1CCN. The number of nitrogens with two attached hydrogens (primary N) is 1. The molecule has 3 heteroatoms. The Labute approximate surface area is 54.3 Å². The van der Waals surface area contributed by atoms with Gasteiger partial charge in [0.05, 0.1) is 6.20 Å². The molecule has 0 spiro atoms. The van der Waals surface area contributed by atoms with E-state index >= 15 is 0 Å². The highest BCUT2D eigenvalue weighted by Crippen LogP contribution is 2.00. The van der Waals surface area contributed by atoms with Crippen LogP contribution in [0, 0.1) is 6.92 Å². The summed E-state index contributed by atoms with van der Waals surface area (Å²) in [6, 6.07) is 0. The molecule has 0 saturated heterocycles. The highest BCUT2D eigenvalue weighted by atomic mass is 15.1. The van der Waals surface area contributed by atoms with Crippen molar-refractivity contribution in [2.24, 2.45) is 5.73 Å². The highest BCUT2D eigenvalue weighted by Gasteiger charge is 1.95. The number of H-pyrrole nitrogens is 1. The van der Waals surface area contributed by atoms with E-state index in [4.69, 9.17) is 5.73 Å². The summed E-state index contributed by atoms with van der Waals surface area (Å²) in [5, 5.41) is 6.74. The maximum absolute atomic E-state index is 5.34. The lowest BCUT2D eigenvalue weighted by atomic mass is 10.2. The average Bonchev–Trinajstić information content (AvgIpc) is 2.18. The van der Waals surface area contributed by atoms with Gasteiger partial charge in [0.1, 0.15) is 0 Å². The lowest BCUT2D eigenvalue weighted by Crippen LogP contribution is -2.03. The predicted octanol–water partition coefficient (Wildman–Crippen LogP) is 0.219. The minimum absolute atomic E-state index is 0.684. The molecule has 0 aliphatic carbocycles. The average molecular weight is 125 g/mol. The van der Waals surface area contributed by atoms with Crippen LogP contribution in [0.2, 0.25) is 0 Å². The van der Waals surface area contributed by atoms with E-state index in [0.717, 1.165) is 12.1 Å². The van der Waals surface area contributed by atoms with Gasteiger partial charge < -0.3 is 5.73 Å². The Morgan fingerprint density at radius 3 is 3.00 bits per heavy atom. The predicted molar refractivity (Wildman–Crippen MR) is 36.1 cm³/mol. The largest absolute Gasteiger partial charge is 0.330 e. The first-order chi connectivity index (χ1) is 4.34. The van der Waals surface area contributed by atoms with Crippen molar-refractivity contribution in [3.8, 4) is 0 Å². The molecule has 3 N–H and O–H groups in total. The third-order valence-corrected chi connectivity index (χ3v) is 1.33. The summed E-state index contributed by atoms with van der Waals surface area (Å²) >= 11 is 0. The van der Waals surface area contributed by atoms with Crippen LogP contribution >= 0.6 is 0 Å². The van der Waals surface area contributed by atoms with E-state index in [-0.39, 0.29) is 0 Å². The van der Waals surface area contributed by atoms with Crippen LogP contribution in [0.4, 0.5) is 0 Å². The molecule has 1 rings (SSSR count). The van der Waals surface area contributed by atoms with E-state index in [1.807, 2.05) is 13.1 Å². The molecule has 0 aromatic carbocycles. The molecule has 1 heterocycles. The summed E-state index contributed by atoms with van der Waals surface area (Å²) in [5.41, 5.74) is 7.69. The molecule has 0 fully saturated rings. The van der Waals surface area contributed by atoms with Crippen LogP contribution in [0.5, 0.6) is 0 Å². The molecule has 50 valence electrons. The van der Waals surface area contributed by atoms with Crippen molar-refractivity contribution in [2.45, 2.75) is 13.3 Å². The second-order valence-electron chi connectivity index (χ2n) is 2.07. The van der Waals surface area contributed by atoms with Crippen LogP contribution in [0.3, 0.4) is 0 Å². The molecule has 1 aromatic rings. The number of aromatic amines is 1. The number of aryl methyl sites for hydroxylation is 1. The third-order valence-electron chi connectivity index (χ3n) is 1.33. The van der Waals surface area contributed by atoms with Crippen molar-refractivity contribution in [3.63, 3.8) is 0 Å². The Morgan fingerprint density at radius 2 is 2.56 bits per heavy atom. The van der Waals surface area contributed by atoms with E-state index in [1.165, 1.54) is 5.56 Å². The zero-order valence-electron chi connectivity index (χ0n) is 5.52. The molecule has 0 unspecified atom stereocenters. The Balaban J connectivity index is 2.69. The number of nitrogens with one attached hydrogen (secondary N) is 1. The van der Waals surface area contributed by atoms with Gasteiger partial charge in [-0.25, -0.2) is 0 Å². The molecule has 0 atom stereocenters. The fourth-order valence-corrected chi connectivity index (χ4v) is 0.771. The van der Waals surface area contributed by atoms with Gasteiger partial charge in [-0.1, -0.05) is 0 Å². The molecular weight excluding hydrogens is 114 g/mol. The van der Waals surface area contributed by atoms with Gasteiger partial charge in [0, 0.05) is 12.1 Å². The Kier molecular flexibility index (Phi) is 1.85. The van der Waals surface area contributed by atoms with Gasteiger partial charge in [0.15, 0.2) is 0 Å². The van der Waals surface area contributed by atoms with E-state index in [9.17, 15) is 0 Å². The van der Waals surface area contributed by atoms with Gasteiger partial charge in [0.2, 0.25) is 0 Å². The van der Waals surface area contributed by atoms with Crippen LogP contribution in [0.15, 0.2) is 6.20 Å². The summed E-state index contributed by atoms with van der Waals surface area (Å²) < 4.78 is 0. The quantitative estimate of drug-likeness (QED) is 0.594. The monoisotopic (exact) mass is 125 g/mol. The lowest BCUT2D eigenvalue weighted by Gasteiger charge is -1.91. The minimum atomic E-state index is 0.684. The zero-order valence-corrected chi connectivity index (χ0v) is 5.52. The number of hydrogen-bond donors (Lipinski definition) is 2. The van der Waals surface area contributed by atoms with Gasteiger partial charge in [0.25, 0.3) is 0 Å². The van der Waals surface area contributed by atoms with Crippen LogP contribution < -0.4 is 5.73 Å². The van der Waals surface area contributed by atoms with Gasteiger partial charge >= 0.3 is 0 Å². The van der Waals surface area contributed by atoms with Crippen molar-refractivity contribution >= 4 is 0 Å². The number of aromatic nitrogens is 2. The third kappa shape index (κ3) is 1.29. The first-order valence-corrected chi connectivity index (χ1v) is 3.03. The van der Waals surface area contributed by atoms with Gasteiger partial charge in [-0.15, -0.1) is 0 Å². The van der Waals surface area contributed by atoms with Crippen molar-refractivity contribution < 1.29 is 0 Å². The summed E-state index contributed by atoms with van der Waals surface area (Å²) in [7, 11) is 0. The lowest BCUT2D eigenvalue weighted by molar-refractivity contribution is 0.895. The second-order valence-corrected chi connectivity index (χ2v) is 2.07. The zero-order chi connectivity index (χ0) is 6.69. The van der Waals surface area contributed by atoms with Crippen molar-refractivity contribution in [2.75, 3.05) is 6.54 Å². The van der Waals surface area contributed by atoms with Crippen molar-refractivity contribution in [3.05, 3.63) is 17.5 Å². The molecule has 0 aliphatic rings. The minimum Gasteiger partial charge on any atom is -0.330 e. The van der Waals surface area contributed by atoms with E-state index in [2.05, 4.69) is 10.2 Å². The fourth-order valence-electron chi connectivity index (χ4n) is 0.771. The summed E-state index contributed by atoms with van der Waals surface area (Å²) in [4.78, 5) is 0. The Bertz CT molecular complexity index is 180. The molecule has 0 bridgehead atoms. The van der Waals surface area contributed by atoms with Crippen molar-refractivity contribution in [1.29, 1.82) is 0 Å². The molecule has 9 heavy (non-hydrogen) atoms. The summed E-state index contributed by atoms with van der Waals surface area (Å²) in [6.07, 6.45) is 2.71. The first kappa shape index (κ1) is 6.29. The fraction of sp³-hybridized carbons (Fsp3) is 0.500. The summed E-state index contributed by atoms with van der Waals surface area (Å²) in [6.45, 7) is 2.71. The van der Waals surface area contributed by atoms with Crippen LogP contribution in [-0.4, -0.2) is 16.7 Å². The molecule has 0 saturated carbocycles. The molecule has 3 nitrogen and oxygen atoms in total. The normalized spacial score (nSPS) is 10.0. The van der Waals surface area contributed by atoms with E-state index < -0.39 is 0 Å².